The van der Waals surface area contributed by atoms with E-state index in [1.807, 2.05) is 66.9 Å². The zero-order chi connectivity index (χ0) is 56.9. The number of nitrogens with one attached hydrogen (secondary N) is 1. The quantitative estimate of drug-likeness (QED) is 0.0499. The molecule has 2 saturated heterocycles. The molecule has 10 heterocycles. The second-order valence-corrected chi connectivity index (χ2v) is 24.5. The van der Waals surface area contributed by atoms with Crippen LogP contribution in [0, 0.1) is 11.8 Å². The average molecular weight is 1310 g/mol. The summed E-state index contributed by atoms with van der Waals surface area (Å²) in [6.45, 7) is 13.0. The Morgan fingerprint density at radius 3 is 1.57 bits per heavy atom. The van der Waals surface area contributed by atoms with Gasteiger partial charge in [0, 0.05) is 78.2 Å². The molecule has 3 saturated carbocycles. The Hall–Kier alpha value is -6.65. The van der Waals surface area contributed by atoms with Crippen LogP contribution in [0.3, 0.4) is 0 Å². The van der Waals surface area contributed by atoms with Gasteiger partial charge in [0.15, 0.2) is 28.1 Å². The van der Waals surface area contributed by atoms with Crippen molar-refractivity contribution in [2.75, 3.05) is 49.7 Å². The van der Waals surface area contributed by atoms with Crippen molar-refractivity contribution in [3.8, 4) is 11.6 Å². The summed E-state index contributed by atoms with van der Waals surface area (Å²) >= 11 is 11.2. The van der Waals surface area contributed by atoms with E-state index in [0.717, 1.165) is 74.6 Å². The van der Waals surface area contributed by atoms with Gasteiger partial charge in [-0.25, -0.2) is 53.6 Å². The highest BCUT2D eigenvalue weighted by molar-refractivity contribution is 9.11. The second kappa shape index (κ2) is 25.9. The number of halogens is 3. The van der Waals surface area contributed by atoms with E-state index in [-0.39, 0.29) is 11.1 Å². The summed E-state index contributed by atoms with van der Waals surface area (Å²) in [5.41, 5.74) is 6.38. The van der Waals surface area contributed by atoms with Gasteiger partial charge in [-0.3, -0.25) is 9.59 Å². The summed E-state index contributed by atoms with van der Waals surface area (Å²) in [6, 6.07) is 32.2. The number of allylic oxidation sites excluding steroid dienone is 2. The van der Waals surface area contributed by atoms with Crippen LogP contribution < -0.4 is 21.3 Å². The van der Waals surface area contributed by atoms with Crippen LogP contribution >= 0.6 is 59.6 Å². The third-order valence-corrected chi connectivity index (χ3v) is 17.2. The van der Waals surface area contributed by atoms with Gasteiger partial charge in [-0.15, -0.1) is 13.2 Å². The first-order chi connectivity index (χ1) is 39.9. The van der Waals surface area contributed by atoms with Crippen molar-refractivity contribution >= 4 is 98.9 Å². The first-order valence-corrected chi connectivity index (χ1v) is 31.4. The Bertz CT molecular complexity index is 3850. The van der Waals surface area contributed by atoms with E-state index >= 15 is 0 Å². The number of benzene rings is 1. The minimum absolute atomic E-state index is 0.129. The standard InChI is InChI=1S/C31H36N8O.C17H17N5OS.C8H8BrN.C5H3Br2N/c1-3-15-38-30(40)26-18-32-31(35-29(26)39(38)28-6-4-5-27(34-28)21-7-8-21)33-24-9-11-25(12-10-24)37-17-14-22-19-36(2)16-13-23(22)20-37;1-3-9-21-16(23)12-10-18-17(24-2)20-15(12)22(21)14-6-4-5-13(19-14)11-7-8-11;9-8-3-1-2-7(10-8)6-4-5-6;6-4-2-1-3-5(7)8-4/h3-6,9-12,18,21-23H,1,7-8,13-17,19-20H2,2H3,(H,32,33,35);3-6,10-11H,1,7-9H2,2H3;1-3,6H,4-5H2;1-3H. The third kappa shape index (κ3) is 13.5. The van der Waals surface area contributed by atoms with E-state index in [9.17, 15) is 9.59 Å². The highest BCUT2D eigenvalue weighted by Gasteiger charge is 2.33. The Balaban J connectivity index is 0.000000140. The minimum Gasteiger partial charge on any atom is -0.371 e. The Morgan fingerprint density at radius 2 is 1.06 bits per heavy atom. The van der Waals surface area contributed by atoms with Crippen molar-refractivity contribution < 1.29 is 0 Å². The van der Waals surface area contributed by atoms with Crippen LogP contribution in [0.25, 0.3) is 33.7 Å². The first-order valence-electron chi connectivity index (χ1n) is 27.8. The maximum Gasteiger partial charge on any atom is 0.278 e. The molecule has 422 valence electrons. The highest BCUT2D eigenvalue weighted by atomic mass is 79.9. The molecule has 3 aliphatic carbocycles. The largest absolute Gasteiger partial charge is 0.371 e. The molecule has 1 N–H and O–H groups in total. The van der Waals surface area contributed by atoms with Crippen LogP contribution in [0.2, 0.25) is 0 Å². The number of fused-ring (bicyclic) bond motifs is 3. The van der Waals surface area contributed by atoms with E-state index in [1.165, 1.54) is 74.8 Å². The van der Waals surface area contributed by atoms with Crippen molar-refractivity contribution in [3.63, 3.8) is 0 Å². The van der Waals surface area contributed by atoms with Gasteiger partial charge < -0.3 is 15.1 Å². The molecule has 82 heavy (non-hydrogen) atoms. The fraction of sp³-hybridized carbons (Fsp3) is 0.344. The number of hydrogen-bond donors (Lipinski definition) is 1. The summed E-state index contributed by atoms with van der Waals surface area (Å²) in [7, 11) is 2.25. The fourth-order valence-corrected chi connectivity index (χ4v) is 12.2. The maximum atomic E-state index is 13.3. The molecule has 2 atom stereocenters. The molecular formula is C61H64Br3N15O2S. The molecular weight excluding hydrogens is 1250 g/mol. The number of thioether (sulfide) groups is 1. The topological polar surface area (TPSA) is 175 Å². The number of anilines is 3. The summed E-state index contributed by atoms with van der Waals surface area (Å²) in [6.07, 6.45) is 18.4. The Labute approximate surface area is 505 Å². The SMILES string of the molecule is Brc1cccc(Br)n1.Brc1cccc(C2CC2)n1.C=CCn1c(=O)c2cnc(Nc3ccc(N4CCC5CN(C)CCC5C4)cc3)nc2n1-c1cccc(C2CC2)n1.C=CCn1c(=O)c2cnc(SC)nc2n1-c1cccc(C2CC2)n1. The van der Waals surface area contributed by atoms with Gasteiger partial charge in [-0.1, -0.05) is 48.2 Å². The minimum atomic E-state index is -0.155. The molecule has 14 rings (SSSR count). The van der Waals surface area contributed by atoms with Crippen LogP contribution in [0.1, 0.15) is 86.2 Å². The van der Waals surface area contributed by atoms with Crippen molar-refractivity contribution in [1.82, 2.24) is 63.5 Å². The number of nitrogens with zero attached hydrogens (tertiary/aromatic N) is 14. The lowest BCUT2D eigenvalue weighted by Crippen LogP contribution is -2.48. The van der Waals surface area contributed by atoms with Gasteiger partial charge in [0.05, 0.1) is 13.1 Å². The van der Waals surface area contributed by atoms with Gasteiger partial charge in [-0.05, 0) is 204 Å². The van der Waals surface area contributed by atoms with Crippen LogP contribution in [0.15, 0.2) is 163 Å². The van der Waals surface area contributed by atoms with Gasteiger partial charge in [-0.2, -0.15) is 4.98 Å². The number of hydrogen-bond acceptors (Lipinski definition) is 14. The van der Waals surface area contributed by atoms with Crippen LogP contribution in [-0.4, -0.2) is 103 Å². The molecule has 17 nitrogen and oxygen atoms in total. The molecule has 2 aliphatic heterocycles. The summed E-state index contributed by atoms with van der Waals surface area (Å²) in [4.78, 5) is 67.1. The molecule has 0 amide bonds. The lowest BCUT2D eigenvalue weighted by atomic mass is 9.80. The van der Waals surface area contributed by atoms with Gasteiger partial charge in [0.2, 0.25) is 5.95 Å². The normalized spacial score (nSPS) is 17.6. The third-order valence-electron chi connectivity index (χ3n) is 15.3. The van der Waals surface area contributed by atoms with E-state index in [0.29, 0.717) is 69.7 Å². The molecule has 5 fully saturated rings. The smallest absolute Gasteiger partial charge is 0.278 e. The predicted octanol–water partition coefficient (Wildman–Crippen LogP) is 12.7. The van der Waals surface area contributed by atoms with Gasteiger partial charge in [0.25, 0.3) is 11.1 Å². The summed E-state index contributed by atoms with van der Waals surface area (Å²) in [5.74, 6) is 5.25. The molecule has 0 spiro atoms. The van der Waals surface area contributed by atoms with Crippen LogP contribution in [-0.2, 0) is 13.1 Å². The zero-order valence-electron chi connectivity index (χ0n) is 45.9. The number of likely N-dealkylation sites (tertiary alicyclic amines) is 1. The molecule has 1 aromatic carbocycles. The van der Waals surface area contributed by atoms with E-state index in [2.05, 4.69) is 144 Å². The van der Waals surface area contributed by atoms with Crippen LogP contribution in [0.4, 0.5) is 17.3 Å². The average Bonchev–Trinajstić information content (AvgIpc) is 4.51. The number of aromatic nitrogens is 12. The number of rotatable bonds is 13. The van der Waals surface area contributed by atoms with Crippen molar-refractivity contribution in [2.45, 2.75) is 87.4 Å². The van der Waals surface area contributed by atoms with Crippen molar-refractivity contribution in [2.24, 2.45) is 11.8 Å². The van der Waals surface area contributed by atoms with E-state index < -0.39 is 0 Å². The molecule has 9 aromatic rings. The molecule has 8 aromatic heterocycles. The zero-order valence-corrected chi connectivity index (χ0v) is 51.4. The molecule has 5 aliphatic rings. The lowest BCUT2D eigenvalue weighted by molar-refractivity contribution is 0.125. The monoisotopic (exact) mass is 1310 g/mol. The Morgan fingerprint density at radius 1 is 0.573 bits per heavy atom. The predicted molar refractivity (Wildman–Crippen MR) is 337 cm³/mol. The van der Waals surface area contributed by atoms with Crippen LogP contribution in [0.5, 0.6) is 0 Å². The van der Waals surface area contributed by atoms with Gasteiger partial charge >= 0.3 is 0 Å². The molecule has 21 heteroatoms. The maximum absolute atomic E-state index is 13.3. The lowest BCUT2D eigenvalue weighted by Gasteiger charge is -2.44. The highest BCUT2D eigenvalue weighted by Crippen LogP contribution is 2.41. The van der Waals surface area contributed by atoms with E-state index in [1.54, 1.807) is 43.3 Å². The van der Waals surface area contributed by atoms with E-state index in [4.69, 9.17) is 15.0 Å². The molecule has 0 radical (unpaired) electrons. The first kappa shape index (κ1) is 57.2. The summed E-state index contributed by atoms with van der Waals surface area (Å²) in [5, 5.41) is 4.92. The number of pyridine rings is 4. The molecule has 0 bridgehead atoms. The van der Waals surface area contributed by atoms with Crippen molar-refractivity contribution in [3.05, 3.63) is 186 Å². The number of piperidine rings is 2. The molecule has 2 unspecified atom stereocenters. The van der Waals surface area contributed by atoms with Gasteiger partial charge in [0.1, 0.15) is 24.6 Å². The fourth-order valence-electron chi connectivity index (χ4n) is 10.6. The second-order valence-electron chi connectivity index (χ2n) is 21.3. The Kier molecular flexibility index (Phi) is 18.0. The van der Waals surface area contributed by atoms with Crippen molar-refractivity contribution in [1.29, 1.82) is 0 Å². The summed E-state index contributed by atoms with van der Waals surface area (Å²) < 4.78 is 9.48.